The lowest BCUT2D eigenvalue weighted by molar-refractivity contribution is -0.137. The van der Waals surface area contributed by atoms with E-state index in [0.717, 1.165) is 17.7 Å². The van der Waals surface area contributed by atoms with Gasteiger partial charge in [0, 0.05) is 12.7 Å². The number of benzene rings is 1. The molecule has 1 amide bonds. The molecule has 0 fully saturated rings. The number of furan rings is 1. The Morgan fingerprint density at radius 3 is 2.72 bits per heavy atom. The molecule has 0 radical (unpaired) electrons. The zero-order valence-electron chi connectivity index (χ0n) is 13.0. The predicted octanol–water partition coefficient (Wildman–Crippen LogP) is 3.59. The van der Waals surface area contributed by atoms with Gasteiger partial charge in [-0.1, -0.05) is 12.1 Å². The zero-order chi connectivity index (χ0) is 17.9. The second-order valence-electron chi connectivity index (χ2n) is 5.27. The summed E-state index contributed by atoms with van der Waals surface area (Å²) in [5, 5.41) is 6.60. The fraction of sp³-hybridized carbons (Fsp3) is 0.176. The average molecular weight is 349 g/mol. The molecular formula is C17H14F3N3O2. The molecule has 5 nitrogen and oxygen atoms in total. The highest BCUT2D eigenvalue weighted by molar-refractivity contribution is 5.95. The molecule has 2 aromatic heterocycles. The standard InChI is InChI=1S/C17H14F3N3O2/c18-17(19,20)14-5-2-1-4-13(14)16(24)21-7-8-23-11-12(10-22-23)15-6-3-9-25-15/h1-6,9-11H,7-8H2,(H,21,24). The summed E-state index contributed by atoms with van der Waals surface area (Å²) in [6, 6.07) is 8.23. The van der Waals surface area contributed by atoms with Crippen LogP contribution in [0.3, 0.4) is 0 Å². The van der Waals surface area contributed by atoms with Crippen LogP contribution >= 0.6 is 0 Å². The van der Waals surface area contributed by atoms with Gasteiger partial charge in [-0.05, 0) is 24.3 Å². The minimum Gasteiger partial charge on any atom is -0.464 e. The van der Waals surface area contributed by atoms with Crippen molar-refractivity contribution < 1.29 is 22.4 Å². The number of carbonyl (C=O) groups excluding carboxylic acids is 1. The van der Waals surface area contributed by atoms with E-state index in [4.69, 9.17) is 4.42 Å². The first-order valence-electron chi connectivity index (χ1n) is 7.46. The van der Waals surface area contributed by atoms with Crippen LogP contribution in [0.15, 0.2) is 59.5 Å². The molecule has 8 heteroatoms. The largest absolute Gasteiger partial charge is 0.464 e. The molecular weight excluding hydrogens is 335 g/mol. The first-order chi connectivity index (χ1) is 11.9. The summed E-state index contributed by atoms with van der Waals surface area (Å²) in [5.74, 6) is -0.110. The highest BCUT2D eigenvalue weighted by Crippen LogP contribution is 2.31. The third-order valence-electron chi connectivity index (χ3n) is 3.54. The molecule has 0 saturated heterocycles. The molecule has 130 valence electrons. The Bertz CT molecular complexity index is 854. The number of rotatable bonds is 5. The molecule has 0 bridgehead atoms. The molecule has 0 atom stereocenters. The Morgan fingerprint density at radius 2 is 2.00 bits per heavy atom. The van der Waals surface area contributed by atoms with Gasteiger partial charge in [-0.3, -0.25) is 9.48 Å². The van der Waals surface area contributed by atoms with E-state index in [1.165, 1.54) is 12.1 Å². The van der Waals surface area contributed by atoms with Crippen LogP contribution in [-0.4, -0.2) is 22.2 Å². The van der Waals surface area contributed by atoms with Crippen molar-refractivity contribution in [3.8, 4) is 11.3 Å². The Labute approximate surface area is 141 Å². The number of hydrogen-bond donors (Lipinski definition) is 1. The molecule has 25 heavy (non-hydrogen) atoms. The molecule has 2 heterocycles. The zero-order valence-corrected chi connectivity index (χ0v) is 13.0. The van der Waals surface area contributed by atoms with Crippen LogP contribution in [-0.2, 0) is 12.7 Å². The first kappa shape index (κ1) is 16.8. The Kier molecular flexibility index (Phi) is 4.60. The van der Waals surface area contributed by atoms with Gasteiger partial charge >= 0.3 is 6.18 Å². The van der Waals surface area contributed by atoms with E-state index in [9.17, 15) is 18.0 Å². The van der Waals surface area contributed by atoms with E-state index in [-0.39, 0.29) is 6.54 Å². The van der Waals surface area contributed by atoms with Crippen molar-refractivity contribution in [2.75, 3.05) is 6.54 Å². The molecule has 3 rings (SSSR count). The third kappa shape index (κ3) is 3.90. The number of halogens is 3. The summed E-state index contributed by atoms with van der Waals surface area (Å²) >= 11 is 0. The monoisotopic (exact) mass is 349 g/mol. The van der Waals surface area contributed by atoms with Crippen molar-refractivity contribution in [2.45, 2.75) is 12.7 Å². The van der Waals surface area contributed by atoms with Crippen LogP contribution < -0.4 is 5.32 Å². The maximum absolute atomic E-state index is 12.9. The molecule has 0 saturated carbocycles. The van der Waals surface area contributed by atoms with Crippen molar-refractivity contribution in [3.05, 3.63) is 66.2 Å². The van der Waals surface area contributed by atoms with E-state index in [1.807, 2.05) is 0 Å². The normalized spacial score (nSPS) is 11.5. The van der Waals surface area contributed by atoms with E-state index in [1.54, 1.807) is 35.5 Å². The molecule has 1 N–H and O–H groups in total. The van der Waals surface area contributed by atoms with Gasteiger partial charge < -0.3 is 9.73 Å². The number of carbonyl (C=O) groups is 1. The number of nitrogens with zero attached hydrogens (tertiary/aromatic N) is 2. The summed E-state index contributed by atoms with van der Waals surface area (Å²) < 4.78 is 45.6. The lowest BCUT2D eigenvalue weighted by Gasteiger charge is -2.12. The lowest BCUT2D eigenvalue weighted by Crippen LogP contribution is -2.29. The number of hydrogen-bond acceptors (Lipinski definition) is 3. The minimum absolute atomic E-state index is 0.143. The van der Waals surface area contributed by atoms with Gasteiger partial charge in [0.25, 0.3) is 5.91 Å². The second-order valence-corrected chi connectivity index (χ2v) is 5.27. The molecule has 0 aliphatic heterocycles. The predicted molar refractivity (Wildman–Crippen MR) is 83.7 cm³/mol. The van der Waals surface area contributed by atoms with Gasteiger partial charge in [0.05, 0.1) is 35.7 Å². The van der Waals surface area contributed by atoms with Crippen LogP contribution in [0.2, 0.25) is 0 Å². The van der Waals surface area contributed by atoms with E-state index in [0.29, 0.717) is 12.3 Å². The van der Waals surface area contributed by atoms with Gasteiger partial charge in [0.2, 0.25) is 0 Å². The molecule has 0 spiro atoms. The van der Waals surface area contributed by atoms with Crippen LogP contribution in [0.1, 0.15) is 15.9 Å². The van der Waals surface area contributed by atoms with Gasteiger partial charge in [0.15, 0.2) is 0 Å². The number of alkyl halides is 3. The molecule has 1 aromatic carbocycles. The fourth-order valence-corrected chi connectivity index (χ4v) is 2.36. The summed E-state index contributed by atoms with van der Waals surface area (Å²) in [6.45, 7) is 0.463. The van der Waals surface area contributed by atoms with Gasteiger partial charge in [-0.15, -0.1) is 0 Å². The van der Waals surface area contributed by atoms with Crippen molar-refractivity contribution in [2.24, 2.45) is 0 Å². The smallest absolute Gasteiger partial charge is 0.417 e. The maximum Gasteiger partial charge on any atom is 0.417 e. The van der Waals surface area contributed by atoms with E-state index < -0.39 is 23.2 Å². The summed E-state index contributed by atoms with van der Waals surface area (Å²) in [4.78, 5) is 12.0. The summed E-state index contributed by atoms with van der Waals surface area (Å²) in [6.07, 6.45) is 0.313. The topological polar surface area (TPSA) is 60.1 Å². The maximum atomic E-state index is 12.9. The SMILES string of the molecule is O=C(NCCn1cc(-c2ccco2)cn1)c1ccccc1C(F)(F)F. The number of aromatic nitrogens is 2. The van der Waals surface area contributed by atoms with Gasteiger partial charge in [-0.2, -0.15) is 18.3 Å². The van der Waals surface area contributed by atoms with Crippen molar-refractivity contribution >= 4 is 5.91 Å². The minimum atomic E-state index is -4.58. The lowest BCUT2D eigenvalue weighted by atomic mass is 10.1. The van der Waals surface area contributed by atoms with Crippen molar-refractivity contribution in [3.63, 3.8) is 0 Å². The van der Waals surface area contributed by atoms with Crippen molar-refractivity contribution in [1.82, 2.24) is 15.1 Å². The van der Waals surface area contributed by atoms with Gasteiger partial charge in [-0.25, -0.2) is 0 Å². The fourth-order valence-electron chi connectivity index (χ4n) is 2.36. The number of nitrogens with one attached hydrogen (secondary N) is 1. The van der Waals surface area contributed by atoms with Crippen LogP contribution in [0.25, 0.3) is 11.3 Å². The highest BCUT2D eigenvalue weighted by Gasteiger charge is 2.34. The Morgan fingerprint density at radius 1 is 1.20 bits per heavy atom. The molecule has 0 aliphatic carbocycles. The van der Waals surface area contributed by atoms with Crippen molar-refractivity contribution in [1.29, 1.82) is 0 Å². The first-order valence-corrected chi connectivity index (χ1v) is 7.46. The summed E-state index contributed by atoms with van der Waals surface area (Å²) in [5.41, 5.74) is -0.572. The number of amides is 1. The van der Waals surface area contributed by atoms with E-state index >= 15 is 0 Å². The molecule has 0 aliphatic rings. The summed E-state index contributed by atoms with van der Waals surface area (Å²) in [7, 11) is 0. The highest BCUT2D eigenvalue weighted by atomic mass is 19.4. The second kappa shape index (κ2) is 6.84. The van der Waals surface area contributed by atoms with Crippen LogP contribution in [0.4, 0.5) is 13.2 Å². The average Bonchev–Trinajstić information content (AvgIpc) is 3.25. The van der Waals surface area contributed by atoms with Crippen LogP contribution in [0.5, 0.6) is 0 Å². The Balaban J connectivity index is 1.61. The Hall–Kier alpha value is -3.03. The van der Waals surface area contributed by atoms with E-state index in [2.05, 4.69) is 10.4 Å². The van der Waals surface area contributed by atoms with Crippen LogP contribution in [0, 0.1) is 0 Å². The molecule has 0 unspecified atom stereocenters. The quantitative estimate of drug-likeness (QED) is 0.766. The molecule has 3 aromatic rings. The van der Waals surface area contributed by atoms with Gasteiger partial charge in [0.1, 0.15) is 5.76 Å². The third-order valence-corrected chi connectivity index (χ3v) is 3.54.